The van der Waals surface area contributed by atoms with Gasteiger partial charge < -0.3 is 9.64 Å². The number of thioether (sulfide) groups is 1. The van der Waals surface area contributed by atoms with Crippen LogP contribution in [0.3, 0.4) is 0 Å². The lowest BCUT2D eigenvalue weighted by Gasteiger charge is -2.19. The first-order valence-electron chi connectivity index (χ1n) is 9.99. The number of carbonyl (C=O) groups is 3. The zero-order valence-corrected chi connectivity index (χ0v) is 17.8. The molecule has 8 heteroatoms. The van der Waals surface area contributed by atoms with Crippen molar-refractivity contribution >= 4 is 35.2 Å². The zero-order chi connectivity index (χ0) is 22.1. The predicted molar refractivity (Wildman–Crippen MR) is 118 cm³/mol. The van der Waals surface area contributed by atoms with Crippen molar-refractivity contribution in [2.75, 3.05) is 36.9 Å². The summed E-state index contributed by atoms with van der Waals surface area (Å²) in [6, 6.07) is 17.6. The summed E-state index contributed by atoms with van der Waals surface area (Å²) in [4.78, 5) is 41.2. The van der Waals surface area contributed by atoms with Gasteiger partial charge in [-0.3, -0.25) is 14.5 Å². The molecule has 0 unspecified atom stereocenters. The van der Waals surface area contributed by atoms with Gasteiger partial charge in [0.1, 0.15) is 6.54 Å². The fourth-order valence-corrected chi connectivity index (χ4v) is 4.19. The largest absolute Gasteiger partial charge is 0.452 e. The molecule has 0 N–H and O–H groups in total. The number of nitrogens with zero attached hydrogens (tertiary/aromatic N) is 3. The number of amides is 2. The Morgan fingerprint density at radius 1 is 1.03 bits per heavy atom. The molecule has 0 bridgehead atoms. The number of anilines is 1. The van der Waals surface area contributed by atoms with Crippen molar-refractivity contribution in [2.24, 2.45) is 0 Å². The van der Waals surface area contributed by atoms with Crippen molar-refractivity contribution in [1.29, 1.82) is 5.26 Å². The van der Waals surface area contributed by atoms with Crippen LogP contribution in [0, 0.1) is 11.3 Å². The Bertz CT molecular complexity index is 968. The Labute approximate surface area is 185 Å². The molecule has 7 nitrogen and oxygen atoms in total. The summed E-state index contributed by atoms with van der Waals surface area (Å²) < 4.78 is 5.24. The SMILES string of the molecule is N#CCN(C(=O)COC(=O)c1ccccc1SCC(=O)N1CCCC1)c1ccccc1. The maximum Gasteiger partial charge on any atom is 0.339 e. The van der Waals surface area contributed by atoms with Crippen LogP contribution in [-0.4, -0.2) is 54.7 Å². The van der Waals surface area contributed by atoms with E-state index >= 15 is 0 Å². The van der Waals surface area contributed by atoms with Gasteiger partial charge in [-0.05, 0) is 37.1 Å². The van der Waals surface area contributed by atoms with Crippen LogP contribution in [0.4, 0.5) is 5.69 Å². The molecule has 0 spiro atoms. The van der Waals surface area contributed by atoms with Crippen molar-refractivity contribution in [3.63, 3.8) is 0 Å². The third kappa shape index (κ3) is 6.09. The lowest BCUT2D eigenvalue weighted by Crippen LogP contribution is -2.35. The van der Waals surface area contributed by atoms with Gasteiger partial charge in [0.15, 0.2) is 6.61 Å². The van der Waals surface area contributed by atoms with Gasteiger partial charge in [-0.1, -0.05) is 30.3 Å². The van der Waals surface area contributed by atoms with E-state index in [0.29, 0.717) is 16.1 Å². The summed E-state index contributed by atoms with van der Waals surface area (Å²) in [7, 11) is 0. The van der Waals surface area contributed by atoms with Gasteiger partial charge >= 0.3 is 5.97 Å². The van der Waals surface area contributed by atoms with Gasteiger partial charge in [-0.15, -0.1) is 11.8 Å². The Morgan fingerprint density at radius 3 is 2.42 bits per heavy atom. The summed E-state index contributed by atoms with van der Waals surface area (Å²) in [6.45, 7) is 0.935. The molecule has 2 aromatic rings. The van der Waals surface area contributed by atoms with Gasteiger partial charge in [0.05, 0.1) is 17.4 Å². The van der Waals surface area contributed by atoms with E-state index in [9.17, 15) is 14.4 Å². The Kier molecular flexibility index (Phi) is 8.07. The van der Waals surface area contributed by atoms with E-state index in [-0.39, 0.29) is 18.2 Å². The molecule has 0 aromatic heterocycles. The second-order valence-electron chi connectivity index (χ2n) is 6.92. The first-order valence-corrected chi connectivity index (χ1v) is 11.0. The topological polar surface area (TPSA) is 90.7 Å². The van der Waals surface area contributed by atoms with Gasteiger partial charge in [0.25, 0.3) is 5.91 Å². The summed E-state index contributed by atoms with van der Waals surface area (Å²) in [5.41, 5.74) is 0.863. The second kappa shape index (κ2) is 11.2. The van der Waals surface area contributed by atoms with Crippen LogP contribution in [0.5, 0.6) is 0 Å². The fourth-order valence-electron chi connectivity index (χ4n) is 3.24. The lowest BCUT2D eigenvalue weighted by molar-refractivity contribution is -0.127. The van der Waals surface area contributed by atoms with E-state index in [1.165, 1.54) is 16.7 Å². The Hall–Kier alpha value is -3.31. The summed E-state index contributed by atoms with van der Waals surface area (Å²) in [5.74, 6) is -0.839. The molecular weight excluding hydrogens is 414 g/mol. The Balaban J connectivity index is 1.60. The quantitative estimate of drug-likeness (QED) is 0.358. The number of hydrogen-bond acceptors (Lipinski definition) is 6. The summed E-state index contributed by atoms with van der Waals surface area (Å²) in [6.07, 6.45) is 2.05. The third-order valence-electron chi connectivity index (χ3n) is 4.84. The van der Waals surface area contributed by atoms with E-state index in [1.54, 1.807) is 48.5 Å². The maximum absolute atomic E-state index is 12.6. The highest BCUT2D eigenvalue weighted by Gasteiger charge is 2.21. The molecule has 31 heavy (non-hydrogen) atoms. The molecule has 1 aliphatic heterocycles. The molecule has 160 valence electrons. The van der Waals surface area contributed by atoms with E-state index < -0.39 is 18.5 Å². The minimum absolute atomic E-state index is 0.0517. The number of ether oxygens (including phenoxy) is 1. The van der Waals surface area contributed by atoms with E-state index in [1.807, 2.05) is 17.0 Å². The monoisotopic (exact) mass is 437 g/mol. The molecular formula is C23H23N3O4S. The van der Waals surface area contributed by atoms with E-state index in [0.717, 1.165) is 25.9 Å². The van der Waals surface area contributed by atoms with Crippen LogP contribution in [0.1, 0.15) is 23.2 Å². The summed E-state index contributed by atoms with van der Waals surface area (Å²) >= 11 is 1.29. The number of benzene rings is 2. The fraction of sp³-hybridized carbons (Fsp3) is 0.304. The van der Waals surface area contributed by atoms with Gasteiger partial charge in [-0.25, -0.2) is 4.79 Å². The molecule has 0 atom stereocenters. The minimum atomic E-state index is -0.643. The lowest BCUT2D eigenvalue weighted by atomic mass is 10.2. The molecule has 0 aliphatic carbocycles. The molecule has 2 aromatic carbocycles. The molecule has 2 amide bonds. The number of likely N-dealkylation sites (tertiary alicyclic amines) is 1. The number of nitriles is 1. The first kappa shape index (κ1) is 22.4. The van der Waals surface area contributed by atoms with E-state index in [4.69, 9.17) is 10.00 Å². The standard InChI is InChI=1S/C23H23N3O4S/c24-12-15-26(18-8-2-1-3-9-18)21(27)16-30-23(29)19-10-4-5-11-20(19)31-17-22(28)25-13-6-7-14-25/h1-5,8-11H,6-7,13-17H2. The van der Waals surface area contributed by atoms with Crippen molar-refractivity contribution in [1.82, 2.24) is 4.90 Å². The van der Waals surface area contributed by atoms with Crippen molar-refractivity contribution < 1.29 is 19.1 Å². The highest BCUT2D eigenvalue weighted by molar-refractivity contribution is 8.00. The van der Waals surface area contributed by atoms with Crippen molar-refractivity contribution in [2.45, 2.75) is 17.7 Å². The van der Waals surface area contributed by atoms with Crippen LogP contribution in [0.25, 0.3) is 0 Å². The van der Waals surface area contributed by atoms with Crippen LogP contribution >= 0.6 is 11.8 Å². The van der Waals surface area contributed by atoms with Crippen molar-refractivity contribution in [3.8, 4) is 6.07 Å². The molecule has 0 radical (unpaired) electrons. The van der Waals surface area contributed by atoms with Crippen LogP contribution in [-0.2, 0) is 14.3 Å². The Morgan fingerprint density at radius 2 is 1.71 bits per heavy atom. The van der Waals surface area contributed by atoms with Gasteiger partial charge in [0.2, 0.25) is 5.91 Å². The number of carbonyl (C=O) groups excluding carboxylic acids is 3. The number of esters is 1. The van der Waals surface area contributed by atoms with Gasteiger partial charge in [-0.2, -0.15) is 5.26 Å². The second-order valence-corrected chi connectivity index (χ2v) is 7.94. The average Bonchev–Trinajstić information content (AvgIpc) is 3.35. The molecule has 1 heterocycles. The number of hydrogen-bond donors (Lipinski definition) is 0. The number of para-hydroxylation sites is 1. The molecule has 3 rings (SSSR count). The van der Waals surface area contributed by atoms with Crippen molar-refractivity contribution in [3.05, 3.63) is 60.2 Å². The highest BCUT2D eigenvalue weighted by Crippen LogP contribution is 2.24. The maximum atomic E-state index is 12.6. The van der Waals surface area contributed by atoms with Crippen LogP contribution < -0.4 is 4.90 Å². The summed E-state index contributed by atoms with van der Waals surface area (Å²) in [5, 5.41) is 9.04. The minimum Gasteiger partial charge on any atom is -0.452 e. The van der Waals surface area contributed by atoms with Crippen LogP contribution in [0.15, 0.2) is 59.5 Å². The molecule has 0 saturated carbocycles. The van der Waals surface area contributed by atoms with Gasteiger partial charge in [0, 0.05) is 23.7 Å². The first-order chi connectivity index (χ1) is 15.1. The number of rotatable bonds is 8. The van der Waals surface area contributed by atoms with Crippen LogP contribution in [0.2, 0.25) is 0 Å². The van der Waals surface area contributed by atoms with E-state index in [2.05, 4.69) is 0 Å². The normalized spacial score (nSPS) is 12.8. The predicted octanol–water partition coefficient (Wildman–Crippen LogP) is 3.11. The third-order valence-corrected chi connectivity index (χ3v) is 5.90. The highest BCUT2D eigenvalue weighted by atomic mass is 32.2. The molecule has 1 aliphatic rings. The molecule has 1 saturated heterocycles. The smallest absolute Gasteiger partial charge is 0.339 e. The molecule has 1 fully saturated rings. The average molecular weight is 438 g/mol. The zero-order valence-electron chi connectivity index (χ0n) is 17.0.